The van der Waals surface area contributed by atoms with Crippen LogP contribution in [-0.4, -0.2) is 48.5 Å². The molecule has 1 aliphatic heterocycles. The van der Waals surface area contributed by atoms with Gasteiger partial charge in [-0.15, -0.1) is 24.7 Å². The molecule has 2 aromatic rings. The number of unbranched alkanes of at least 4 members (excludes halogenated alkanes) is 5. The van der Waals surface area contributed by atoms with Crippen molar-refractivity contribution in [3.63, 3.8) is 0 Å². The third-order valence-electron chi connectivity index (χ3n) is 6.10. The summed E-state index contributed by atoms with van der Waals surface area (Å²) in [6.07, 6.45) is 15.7. The zero-order chi connectivity index (χ0) is 32.4. The van der Waals surface area contributed by atoms with E-state index in [1.807, 2.05) is 0 Å². The predicted octanol–water partition coefficient (Wildman–Crippen LogP) is 3.27. The van der Waals surface area contributed by atoms with Gasteiger partial charge in [0, 0.05) is 32.0 Å². The molecular weight excluding hydrogens is 639 g/mol. The second-order valence-corrected chi connectivity index (χ2v) is 14.4. The van der Waals surface area contributed by atoms with Crippen molar-refractivity contribution in [3.8, 4) is 36.5 Å². The maximum Gasteiger partial charge on any atom is 0.489 e. The summed E-state index contributed by atoms with van der Waals surface area (Å²) in [5.74, 6) is 10.9. The summed E-state index contributed by atoms with van der Waals surface area (Å²) in [5, 5.41) is 2.63. The lowest BCUT2D eigenvalue weighted by atomic mass is 10.2. The van der Waals surface area contributed by atoms with Gasteiger partial charge in [-0.3, -0.25) is 14.3 Å². The number of rotatable bonds is 16. The highest BCUT2D eigenvalue weighted by Crippen LogP contribution is 2.66. The van der Waals surface area contributed by atoms with Gasteiger partial charge in [-0.1, -0.05) is 11.8 Å². The maximum absolute atomic E-state index is 13.3. The number of aromatic nitrogens is 3. The number of terminal acetylenes is 2. The first kappa shape index (κ1) is 35.7. The molecule has 3 heterocycles. The minimum atomic E-state index is -5.54. The van der Waals surface area contributed by atoms with Gasteiger partial charge in [0.15, 0.2) is 5.65 Å². The first-order valence-electron chi connectivity index (χ1n) is 13.5. The number of nitrogens with two attached hydrogens (primary N) is 1. The molecular formula is C25H34N5O11P3. The minimum absolute atomic E-state index is 0.102. The van der Waals surface area contributed by atoms with Gasteiger partial charge in [-0.25, -0.2) is 18.8 Å². The van der Waals surface area contributed by atoms with Crippen LogP contribution in [0.15, 0.2) is 11.0 Å². The molecule has 44 heavy (non-hydrogen) atoms. The molecule has 4 atom stereocenters. The number of H-pyrrole nitrogens is 1. The van der Waals surface area contributed by atoms with Gasteiger partial charge in [-0.05, 0) is 38.5 Å². The van der Waals surface area contributed by atoms with E-state index < -0.39 is 41.3 Å². The van der Waals surface area contributed by atoms with Crippen LogP contribution in [0.1, 0.15) is 69.6 Å². The van der Waals surface area contributed by atoms with E-state index in [0.717, 1.165) is 12.8 Å². The summed E-state index contributed by atoms with van der Waals surface area (Å²) >= 11 is 0. The number of hydrogen-bond acceptors (Lipinski definition) is 10. The molecule has 1 fully saturated rings. The van der Waals surface area contributed by atoms with Crippen LogP contribution in [0.4, 0.5) is 5.95 Å². The number of phosphoric acid groups is 2. The monoisotopic (exact) mass is 673 g/mol. The van der Waals surface area contributed by atoms with Crippen molar-refractivity contribution < 1.29 is 46.3 Å². The lowest BCUT2D eigenvalue weighted by Crippen LogP contribution is -2.26. The summed E-state index contributed by atoms with van der Waals surface area (Å²) in [4.78, 5) is 47.1. The van der Waals surface area contributed by atoms with Gasteiger partial charge in [-0.2, -0.15) is 13.6 Å². The molecule has 2 unspecified atom stereocenters. The van der Waals surface area contributed by atoms with Gasteiger partial charge in [0.1, 0.15) is 6.23 Å². The Kier molecular flexibility index (Phi) is 13.0. The average molecular weight is 673 g/mol. The Hall–Kier alpha value is -2.73. The molecule has 16 nitrogen and oxygen atoms in total. The van der Waals surface area contributed by atoms with Crippen LogP contribution >= 0.6 is 23.4 Å². The Labute approximate surface area is 253 Å². The van der Waals surface area contributed by atoms with Crippen molar-refractivity contribution in [1.82, 2.24) is 19.6 Å². The topological polar surface area (TPSA) is 238 Å². The molecule has 3 rings (SSSR count). The summed E-state index contributed by atoms with van der Waals surface area (Å²) in [7, 11) is -15.7. The molecule has 1 saturated heterocycles. The number of anilines is 1. The molecule has 0 saturated carbocycles. The van der Waals surface area contributed by atoms with Crippen LogP contribution in [0.5, 0.6) is 0 Å². The fourth-order valence-corrected chi connectivity index (χ4v) is 8.09. The van der Waals surface area contributed by atoms with E-state index >= 15 is 0 Å². The lowest BCUT2D eigenvalue weighted by molar-refractivity contribution is 0.00650. The molecule has 7 N–H and O–H groups in total. The highest BCUT2D eigenvalue weighted by molar-refractivity contribution is 7.67. The minimum Gasteiger partial charge on any atom is -0.369 e. The van der Waals surface area contributed by atoms with Crippen molar-refractivity contribution in [1.29, 1.82) is 0 Å². The SMILES string of the molecule is C#CCCCCC#Cc1cn([C@H]2CC[C@@H](CNP(=O)(OCCCCC#C)OP(=O)(O)OP(=O)(O)O)O2)c2nc(N)[nH]c(=O)c12. The van der Waals surface area contributed by atoms with Gasteiger partial charge in [0.25, 0.3) is 5.56 Å². The summed E-state index contributed by atoms with van der Waals surface area (Å²) in [6.45, 7) is -0.450. The number of nitrogens with zero attached hydrogens (tertiary/aromatic N) is 2. The number of nitrogens with one attached hydrogen (secondary N) is 2. The number of aromatic amines is 1. The molecule has 0 aromatic carbocycles. The van der Waals surface area contributed by atoms with Crippen LogP contribution in [0.2, 0.25) is 0 Å². The van der Waals surface area contributed by atoms with E-state index in [1.165, 1.54) is 0 Å². The smallest absolute Gasteiger partial charge is 0.369 e. The molecule has 0 aliphatic carbocycles. The predicted molar refractivity (Wildman–Crippen MR) is 160 cm³/mol. The molecule has 0 bridgehead atoms. The van der Waals surface area contributed by atoms with Crippen molar-refractivity contribution >= 4 is 40.4 Å². The second kappa shape index (κ2) is 16.0. The molecule has 0 spiro atoms. The number of ether oxygens (including phenoxy) is 1. The van der Waals surface area contributed by atoms with Gasteiger partial charge in [0.05, 0.1) is 23.7 Å². The Morgan fingerprint density at radius 1 is 1.09 bits per heavy atom. The van der Waals surface area contributed by atoms with Gasteiger partial charge < -0.3 is 29.7 Å². The van der Waals surface area contributed by atoms with E-state index in [2.05, 4.69) is 47.4 Å². The zero-order valence-corrected chi connectivity index (χ0v) is 26.3. The van der Waals surface area contributed by atoms with E-state index in [9.17, 15) is 23.4 Å². The maximum atomic E-state index is 13.3. The third kappa shape index (κ3) is 11.0. The average Bonchev–Trinajstić information content (AvgIpc) is 3.52. The second-order valence-electron chi connectivity index (χ2n) is 9.58. The van der Waals surface area contributed by atoms with Crippen LogP contribution in [0.3, 0.4) is 0 Å². The van der Waals surface area contributed by atoms with Gasteiger partial charge >= 0.3 is 23.4 Å². The normalized spacial score (nSPS) is 19.4. The Balaban J connectivity index is 1.75. The Bertz CT molecular complexity index is 1660. The summed E-state index contributed by atoms with van der Waals surface area (Å²) < 4.78 is 57.7. The molecule has 0 amide bonds. The molecule has 19 heteroatoms. The standard InChI is InChI=1S/C25H34N5O11P3/c1-3-5-7-9-10-11-13-19-18-30(23-22(19)24(31)29-25(26)28-23)21-15-14-20(39-21)17-27-42(32,38-16-12-8-6-4-2)40-44(36,37)41-43(33,34)35/h1-2,18,20-21H,5-10,12,14-17H2,(H,27,32)(H,36,37)(H2,33,34,35)(H3,26,28,29,31)/t20-,21+,42?/m0/s1. The molecule has 2 aromatic heterocycles. The van der Waals surface area contributed by atoms with E-state index in [-0.39, 0.29) is 30.1 Å². The van der Waals surface area contributed by atoms with E-state index in [1.54, 1.807) is 10.8 Å². The van der Waals surface area contributed by atoms with Crippen LogP contribution in [0, 0.1) is 36.5 Å². The van der Waals surface area contributed by atoms with Crippen molar-refractivity contribution in [3.05, 3.63) is 22.1 Å². The zero-order valence-electron chi connectivity index (χ0n) is 23.6. The van der Waals surface area contributed by atoms with Crippen molar-refractivity contribution in [2.24, 2.45) is 0 Å². The number of fused-ring (bicyclic) bond motifs is 1. The fourth-order valence-electron chi connectivity index (χ4n) is 4.24. The molecule has 0 radical (unpaired) electrons. The fraction of sp³-hybridized carbons (Fsp3) is 0.520. The van der Waals surface area contributed by atoms with Crippen LogP contribution < -0.4 is 16.4 Å². The number of nitrogen functional groups attached to an aromatic ring is 1. The lowest BCUT2D eigenvalue weighted by Gasteiger charge is -2.23. The number of hydrogen-bond donors (Lipinski definition) is 6. The first-order chi connectivity index (χ1) is 20.8. The third-order valence-corrected chi connectivity index (χ3v) is 10.6. The highest BCUT2D eigenvalue weighted by Gasteiger charge is 2.42. The van der Waals surface area contributed by atoms with Crippen LogP contribution in [-0.2, 0) is 31.6 Å². The highest BCUT2D eigenvalue weighted by atomic mass is 31.3. The summed E-state index contributed by atoms with van der Waals surface area (Å²) in [5.41, 5.74) is 6.00. The van der Waals surface area contributed by atoms with Gasteiger partial charge in [0.2, 0.25) is 5.95 Å². The largest absolute Gasteiger partial charge is 0.489 e. The summed E-state index contributed by atoms with van der Waals surface area (Å²) in [6, 6.07) is 0. The molecule has 240 valence electrons. The van der Waals surface area contributed by atoms with E-state index in [4.69, 9.17) is 37.6 Å². The molecule has 1 aliphatic rings. The van der Waals surface area contributed by atoms with Crippen LogP contribution in [0.25, 0.3) is 11.0 Å². The van der Waals surface area contributed by atoms with E-state index in [0.29, 0.717) is 50.5 Å². The quantitative estimate of drug-likeness (QED) is 0.0852. The first-order valence-corrected chi connectivity index (χ1v) is 18.0. The Morgan fingerprint density at radius 3 is 2.45 bits per heavy atom. The van der Waals surface area contributed by atoms with Crippen molar-refractivity contribution in [2.45, 2.75) is 70.1 Å². The van der Waals surface area contributed by atoms with Crippen molar-refractivity contribution in [2.75, 3.05) is 18.9 Å². The Morgan fingerprint density at radius 2 is 1.77 bits per heavy atom.